The Labute approximate surface area is 180 Å². The van der Waals surface area contributed by atoms with E-state index in [1.807, 2.05) is 50.2 Å². The fourth-order valence-electron chi connectivity index (χ4n) is 4.64. The number of carbonyl (C=O) groups excluding carboxylic acids is 1. The molecule has 0 aliphatic heterocycles. The molecular formula is C24H27BrN2O2. The van der Waals surface area contributed by atoms with E-state index in [0.717, 1.165) is 35.0 Å². The van der Waals surface area contributed by atoms with Crippen LogP contribution in [0.15, 0.2) is 46.9 Å². The van der Waals surface area contributed by atoms with Crippen LogP contribution in [0.4, 0.5) is 0 Å². The summed E-state index contributed by atoms with van der Waals surface area (Å²) >= 11 is 3.45. The molecule has 4 nitrogen and oxygen atoms in total. The SMILES string of the molecule is Cc1c(C(=O)N[C@@H](C)c2ccccc2)c2cc(O)c(Br)cc2n1C1CCCCC1. The summed E-state index contributed by atoms with van der Waals surface area (Å²) in [5.41, 5.74) is 3.72. The van der Waals surface area contributed by atoms with E-state index in [4.69, 9.17) is 0 Å². The lowest BCUT2D eigenvalue weighted by Crippen LogP contribution is -2.27. The Balaban J connectivity index is 1.78. The van der Waals surface area contributed by atoms with Crippen molar-refractivity contribution in [1.29, 1.82) is 0 Å². The Hall–Kier alpha value is -2.27. The van der Waals surface area contributed by atoms with E-state index in [9.17, 15) is 9.90 Å². The number of hydrogen-bond donors (Lipinski definition) is 2. The molecule has 0 unspecified atom stereocenters. The molecule has 152 valence electrons. The predicted octanol–water partition coefficient (Wildman–Crippen LogP) is 6.41. The third-order valence-electron chi connectivity index (χ3n) is 6.13. The molecule has 0 bridgehead atoms. The summed E-state index contributed by atoms with van der Waals surface area (Å²) in [6.45, 7) is 4.03. The van der Waals surface area contributed by atoms with Crippen LogP contribution in [0.25, 0.3) is 10.9 Å². The minimum atomic E-state index is -0.0971. The number of aromatic nitrogens is 1. The van der Waals surface area contributed by atoms with Crippen LogP contribution >= 0.6 is 15.9 Å². The van der Waals surface area contributed by atoms with Crippen LogP contribution in [0, 0.1) is 6.92 Å². The minimum absolute atomic E-state index is 0.0970. The van der Waals surface area contributed by atoms with Gasteiger partial charge in [-0.25, -0.2) is 0 Å². The van der Waals surface area contributed by atoms with Gasteiger partial charge in [0, 0.05) is 17.1 Å². The number of aromatic hydroxyl groups is 1. The Bertz CT molecular complexity index is 1040. The molecule has 0 radical (unpaired) electrons. The van der Waals surface area contributed by atoms with Gasteiger partial charge < -0.3 is 15.0 Å². The highest BCUT2D eigenvalue weighted by Crippen LogP contribution is 2.39. The molecule has 0 saturated heterocycles. The molecular weight excluding hydrogens is 428 g/mol. The Morgan fingerprint density at radius 1 is 1.17 bits per heavy atom. The van der Waals surface area contributed by atoms with E-state index in [1.54, 1.807) is 6.07 Å². The van der Waals surface area contributed by atoms with Gasteiger partial charge in [0.2, 0.25) is 0 Å². The molecule has 3 aromatic rings. The number of nitrogens with one attached hydrogen (secondary N) is 1. The number of phenolic OH excluding ortho intramolecular Hbond substituents is 1. The van der Waals surface area contributed by atoms with Gasteiger partial charge in [-0.2, -0.15) is 0 Å². The second-order valence-electron chi connectivity index (χ2n) is 8.05. The first-order valence-corrected chi connectivity index (χ1v) is 11.2. The van der Waals surface area contributed by atoms with E-state index >= 15 is 0 Å². The van der Waals surface area contributed by atoms with Crippen LogP contribution in [-0.4, -0.2) is 15.6 Å². The number of benzene rings is 2. The van der Waals surface area contributed by atoms with Crippen LogP contribution < -0.4 is 5.32 Å². The molecule has 1 aliphatic carbocycles. The molecule has 29 heavy (non-hydrogen) atoms. The van der Waals surface area contributed by atoms with Crippen molar-refractivity contribution >= 4 is 32.7 Å². The lowest BCUT2D eigenvalue weighted by Gasteiger charge is -2.26. The number of hydrogen-bond acceptors (Lipinski definition) is 2. The van der Waals surface area contributed by atoms with Crippen molar-refractivity contribution < 1.29 is 9.90 Å². The van der Waals surface area contributed by atoms with Gasteiger partial charge in [0.25, 0.3) is 5.91 Å². The summed E-state index contributed by atoms with van der Waals surface area (Å²) in [7, 11) is 0. The largest absolute Gasteiger partial charge is 0.507 e. The second kappa shape index (κ2) is 8.23. The average Bonchev–Trinajstić information content (AvgIpc) is 3.00. The van der Waals surface area contributed by atoms with Crippen LogP contribution in [-0.2, 0) is 0 Å². The van der Waals surface area contributed by atoms with Crippen molar-refractivity contribution in [2.24, 2.45) is 0 Å². The van der Waals surface area contributed by atoms with Crippen LogP contribution in [0.2, 0.25) is 0 Å². The van der Waals surface area contributed by atoms with Gasteiger partial charge in [0.1, 0.15) is 5.75 Å². The summed E-state index contributed by atoms with van der Waals surface area (Å²) in [4.78, 5) is 13.3. The zero-order chi connectivity index (χ0) is 20.5. The van der Waals surface area contributed by atoms with Crippen LogP contribution in [0.5, 0.6) is 5.75 Å². The summed E-state index contributed by atoms with van der Waals surface area (Å²) in [5, 5.41) is 14.3. The molecule has 1 atom stereocenters. The van der Waals surface area contributed by atoms with Crippen LogP contribution in [0.3, 0.4) is 0 Å². The highest BCUT2D eigenvalue weighted by atomic mass is 79.9. The zero-order valence-electron chi connectivity index (χ0n) is 16.9. The molecule has 5 heteroatoms. The molecule has 0 spiro atoms. The molecule has 1 aliphatic rings. The maximum absolute atomic E-state index is 13.3. The summed E-state index contributed by atoms with van der Waals surface area (Å²) < 4.78 is 2.98. The zero-order valence-corrected chi connectivity index (χ0v) is 18.5. The number of amides is 1. The lowest BCUT2D eigenvalue weighted by atomic mass is 9.95. The third-order valence-corrected chi connectivity index (χ3v) is 6.77. The van der Waals surface area contributed by atoms with E-state index in [0.29, 0.717) is 16.1 Å². The summed E-state index contributed by atoms with van der Waals surface area (Å²) in [6.07, 6.45) is 5.97. The number of phenols is 1. The van der Waals surface area contributed by atoms with Crippen LogP contribution in [0.1, 0.15) is 72.7 Å². The summed E-state index contributed by atoms with van der Waals surface area (Å²) in [5.74, 6) is 0.0589. The number of carbonyl (C=O) groups is 1. The highest BCUT2D eigenvalue weighted by Gasteiger charge is 2.27. The first-order valence-electron chi connectivity index (χ1n) is 10.4. The molecule has 2 N–H and O–H groups in total. The van der Waals surface area contributed by atoms with Gasteiger partial charge in [-0.3, -0.25) is 4.79 Å². The lowest BCUT2D eigenvalue weighted by molar-refractivity contribution is 0.0940. The maximum atomic E-state index is 13.3. The quantitative estimate of drug-likeness (QED) is 0.477. The van der Waals surface area contributed by atoms with Gasteiger partial charge in [0.05, 0.1) is 21.6 Å². The first-order chi connectivity index (χ1) is 14.0. The van der Waals surface area contributed by atoms with Gasteiger partial charge in [0.15, 0.2) is 0 Å². The topological polar surface area (TPSA) is 54.3 Å². The molecule has 1 amide bonds. The second-order valence-corrected chi connectivity index (χ2v) is 8.90. The Morgan fingerprint density at radius 2 is 1.86 bits per heavy atom. The van der Waals surface area contributed by atoms with Gasteiger partial charge >= 0.3 is 0 Å². The smallest absolute Gasteiger partial charge is 0.254 e. The standard InChI is InChI=1S/C24H27BrN2O2/c1-15(17-9-5-3-6-10-17)26-24(29)23-16(2)27(18-11-7-4-8-12-18)21-14-20(25)22(28)13-19(21)23/h3,5-6,9-10,13-15,18,28H,4,7-8,11-12H2,1-2H3,(H,26,29)/t15-/m0/s1. The van der Waals surface area contributed by atoms with E-state index < -0.39 is 0 Å². The predicted molar refractivity (Wildman–Crippen MR) is 120 cm³/mol. The molecule has 4 rings (SSSR count). The minimum Gasteiger partial charge on any atom is -0.507 e. The highest BCUT2D eigenvalue weighted by molar-refractivity contribution is 9.10. The van der Waals surface area contributed by atoms with E-state index in [1.165, 1.54) is 19.3 Å². The Kier molecular flexibility index (Phi) is 5.68. The van der Waals surface area contributed by atoms with Gasteiger partial charge in [-0.15, -0.1) is 0 Å². The van der Waals surface area contributed by atoms with Gasteiger partial charge in [-0.05, 0) is 60.3 Å². The number of fused-ring (bicyclic) bond motifs is 1. The van der Waals surface area contributed by atoms with Crippen molar-refractivity contribution in [2.75, 3.05) is 0 Å². The summed E-state index contributed by atoms with van der Waals surface area (Å²) in [6, 6.07) is 13.9. The van der Waals surface area contributed by atoms with Crippen molar-refractivity contribution in [3.05, 3.63) is 63.8 Å². The van der Waals surface area contributed by atoms with Crippen molar-refractivity contribution in [3.8, 4) is 5.75 Å². The molecule has 1 aromatic heterocycles. The molecule has 1 heterocycles. The molecule has 1 fully saturated rings. The number of nitrogens with zero attached hydrogens (tertiary/aromatic N) is 1. The number of rotatable bonds is 4. The van der Waals surface area contributed by atoms with E-state index in [2.05, 4.69) is 25.8 Å². The van der Waals surface area contributed by atoms with Crippen molar-refractivity contribution in [1.82, 2.24) is 9.88 Å². The Morgan fingerprint density at radius 3 is 2.55 bits per heavy atom. The molecule has 1 saturated carbocycles. The first kappa shape index (κ1) is 20.0. The third kappa shape index (κ3) is 3.80. The van der Waals surface area contributed by atoms with Crippen molar-refractivity contribution in [3.63, 3.8) is 0 Å². The fraction of sp³-hybridized carbons (Fsp3) is 0.375. The normalized spacial score (nSPS) is 16.1. The average molecular weight is 455 g/mol. The number of halogens is 1. The van der Waals surface area contributed by atoms with E-state index in [-0.39, 0.29) is 17.7 Å². The monoisotopic (exact) mass is 454 g/mol. The fourth-order valence-corrected chi connectivity index (χ4v) is 4.97. The van der Waals surface area contributed by atoms with Crippen molar-refractivity contribution in [2.45, 2.75) is 58.0 Å². The molecule has 2 aromatic carbocycles. The van der Waals surface area contributed by atoms with Gasteiger partial charge in [-0.1, -0.05) is 49.6 Å². The maximum Gasteiger partial charge on any atom is 0.254 e.